The van der Waals surface area contributed by atoms with Crippen molar-refractivity contribution in [2.45, 2.75) is 52.4 Å². The highest BCUT2D eigenvalue weighted by Crippen LogP contribution is 2.36. The molecule has 1 aliphatic carbocycles. The molecule has 0 N–H and O–H groups in total. The van der Waals surface area contributed by atoms with Gasteiger partial charge in [-0.1, -0.05) is 38.7 Å². The Hall–Kier alpha value is -0.790. The molecule has 0 bridgehead atoms. The fraction of sp³-hybridized carbons (Fsp3) is 0.769. The first-order valence-electron chi connectivity index (χ1n) is 5.85. The van der Waals surface area contributed by atoms with Gasteiger partial charge < -0.3 is 4.74 Å². The molecule has 0 atom stereocenters. The summed E-state index contributed by atoms with van der Waals surface area (Å²) in [6.45, 7) is 4.10. The molecule has 1 saturated carbocycles. The molecule has 0 amide bonds. The summed E-state index contributed by atoms with van der Waals surface area (Å²) in [5, 5.41) is 0. The molecule has 1 rings (SSSR count). The van der Waals surface area contributed by atoms with Crippen LogP contribution in [0.25, 0.3) is 0 Å². The minimum absolute atomic E-state index is 0.194. The van der Waals surface area contributed by atoms with E-state index in [0.717, 1.165) is 5.57 Å². The van der Waals surface area contributed by atoms with E-state index in [1.165, 1.54) is 45.6 Å². The van der Waals surface area contributed by atoms with Crippen molar-refractivity contribution in [2.75, 3.05) is 7.11 Å². The third-order valence-corrected chi connectivity index (χ3v) is 3.32. The smallest absolute Gasteiger partial charge is 0.333 e. The number of carbonyl (C=O) groups is 1. The van der Waals surface area contributed by atoms with E-state index in [2.05, 4.69) is 13.0 Å². The van der Waals surface area contributed by atoms with Gasteiger partial charge in [-0.3, -0.25) is 0 Å². The second-order valence-electron chi connectivity index (χ2n) is 4.89. The van der Waals surface area contributed by atoms with Crippen molar-refractivity contribution in [1.82, 2.24) is 0 Å². The van der Waals surface area contributed by atoms with Gasteiger partial charge in [0.2, 0.25) is 0 Å². The molecule has 0 aliphatic heterocycles. The maximum Gasteiger partial charge on any atom is 0.333 e. The van der Waals surface area contributed by atoms with Gasteiger partial charge in [-0.25, -0.2) is 4.79 Å². The molecule has 1 fully saturated rings. The van der Waals surface area contributed by atoms with E-state index in [1.54, 1.807) is 0 Å². The zero-order valence-electron chi connectivity index (χ0n) is 10.1. The number of allylic oxidation sites excluding steroid dienone is 1. The van der Waals surface area contributed by atoms with Gasteiger partial charge in [0.25, 0.3) is 0 Å². The molecule has 2 nitrogen and oxygen atoms in total. The average molecular weight is 210 g/mol. The van der Waals surface area contributed by atoms with Crippen LogP contribution in [0.4, 0.5) is 0 Å². The van der Waals surface area contributed by atoms with Gasteiger partial charge in [0, 0.05) is 5.57 Å². The highest BCUT2D eigenvalue weighted by molar-refractivity contribution is 5.87. The summed E-state index contributed by atoms with van der Waals surface area (Å²) in [5.41, 5.74) is 0.955. The SMILES string of the molecule is COC(=O)C(C)=CC1(C)CCCCCC1. The second-order valence-corrected chi connectivity index (χ2v) is 4.89. The molecule has 0 saturated heterocycles. The second kappa shape index (κ2) is 5.34. The van der Waals surface area contributed by atoms with Gasteiger partial charge in [0.1, 0.15) is 0 Å². The fourth-order valence-corrected chi connectivity index (χ4v) is 2.42. The van der Waals surface area contributed by atoms with Crippen molar-refractivity contribution in [3.63, 3.8) is 0 Å². The maximum atomic E-state index is 11.3. The van der Waals surface area contributed by atoms with Crippen molar-refractivity contribution in [3.05, 3.63) is 11.6 Å². The summed E-state index contributed by atoms with van der Waals surface area (Å²) in [4.78, 5) is 11.3. The lowest BCUT2D eigenvalue weighted by Gasteiger charge is -2.24. The Morgan fingerprint density at radius 2 is 1.73 bits per heavy atom. The van der Waals surface area contributed by atoms with E-state index in [9.17, 15) is 4.79 Å². The lowest BCUT2D eigenvalue weighted by atomic mass is 9.81. The van der Waals surface area contributed by atoms with Gasteiger partial charge in [-0.15, -0.1) is 0 Å². The topological polar surface area (TPSA) is 26.3 Å². The number of methoxy groups -OCH3 is 1. The quantitative estimate of drug-likeness (QED) is 0.396. The predicted octanol–water partition coefficient (Wildman–Crippen LogP) is 3.47. The van der Waals surface area contributed by atoms with Gasteiger partial charge in [0.05, 0.1) is 7.11 Å². The maximum absolute atomic E-state index is 11.3. The van der Waals surface area contributed by atoms with Crippen molar-refractivity contribution in [2.24, 2.45) is 5.41 Å². The monoisotopic (exact) mass is 210 g/mol. The summed E-state index contributed by atoms with van der Waals surface area (Å²) in [7, 11) is 1.44. The van der Waals surface area contributed by atoms with Crippen LogP contribution in [0.2, 0.25) is 0 Å². The van der Waals surface area contributed by atoms with E-state index in [1.807, 2.05) is 6.92 Å². The Labute approximate surface area is 92.7 Å². The number of carbonyl (C=O) groups excluding carboxylic acids is 1. The minimum atomic E-state index is -0.194. The highest BCUT2D eigenvalue weighted by Gasteiger charge is 2.24. The lowest BCUT2D eigenvalue weighted by Crippen LogP contribution is -2.14. The molecule has 0 heterocycles. The van der Waals surface area contributed by atoms with Crippen LogP contribution >= 0.6 is 0 Å². The Morgan fingerprint density at radius 1 is 1.20 bits per heavy atom. The normalized spacial score (nSPS) is 21.9. The molecule has 0 aromatic carbocycles. The number of rotatable bonds is 2. The van der Waals surface area contributed by atoms with Crippen LogP contribution in [0.3, 0.4) is 0 Å². The van der Waals surface area contributed by atoms with Crippen LogP contribution in [0, 0.1) is 5.41 Å². The first-order chi connectivity index (χ1) is 7.07. The first-order valence-corrected chi connectivity index (χ1v) is 5.85. The van der Waals surface area contributed by atoms with E-state index in [0.29, 0.717) is 0 Å². The van der Waals surface area contributed by atoms with Crippen molar-refractivity contribution >= 4 is 5.97 Å². The summed E-state index contributed by atoms with van der Waals surface area (Å²) in [5.74, 6) is -0.194. The Morgan fingerprint density at radius 3 is 2.20 bits per heavy atom. The molecule has 2 heteroatoms. The lowest BCUT2D eigenvalue weighted by molar-refractivity contribution is -0.136. The largest absolute Gasteiger partial charge is 0.466 e. The number of esters is 1. The molecule has 0 radical (unpaired) electrons. The molecular weight excluding hydrogens is 188 g/mol. The van der Waals surface area contributed by atoms with E-state index in [4.69, 9.17) is 4.74 Å². The van der Waals surface area contributed by atoms with Gasteiger partial charge in [-0.05, 0) is 25.2 Å². The van der Waals surface area contributed by atoms with Crippen LogP contribution in [0.1, 0.15) is 52.4 Å². The van der Waals surface area contributed by atoms with E-state index in [-0.39, 0.29) is 11.4 Å². The molecular formula is C13H22O2. The summed E-state index contributed by atoms with van der Waals surface area (Å²) in [6, 6.07) is 0. The molecule has 86 valence electrons. The van der Waals surface area contributed by atoms with Gasteiger partial charge in [-0.2, -0.15) is 0 Å². The Bertz CT molecular complexity index is 245. The fourth-order valence-electron chi connectivity index (χ4n) is 2.42. The van der Waals surface area contributed by atoms with E-state index < -0.39 is 0 Å². The van der Waals surface area contributed by atoms with Gasteiger partial charge >= 0.3 is 5.97 Å². The van der Waals surface area contributed by atoms with Crippen molar-refractivity contribution < 1.29 is 9.53 Å². The third-order valence-electron chi connectivity index (χ3n) is 3.32. The molecule has 0 spiro atoms. The Balaban J connectivity index is 2.71. The predicted molar refractivity (Wildman–Crippen MR) is 61.6 cm³/mol. The number of hydrogen-bond acceptors (Lipinski definition) is 2. The summed E-state index contributed by atoms with van der Waals surface area (Å²) >= 11 is 0. The van der Waals surface area contributed by atoms with E-state index >= 15 is 0 Å². The summed E-state index contributed by atoms with van der Waals surface area (Å²) < 4.78 is 4.72. The minimum Gasteiger partial charge on any atom is -0.466 e. The standard InChI is InChI=1S/C13H22O2/c1-11(12(14)15-3)10-13(2)8-6-4-5-7-9-13/h10H,4-9H2,1-3H3. The van der Waals surface area contributed by atoms with Crippen LogP contribution in [0.15, 0.2) is 11.6 Å². The zero-order valence-corrected chi connectivity index (χ0v) is 10.1. The first kappa shape index (κ1) is 12.3. The van der Waals surface area contributed by atoms with Crippen LogP contribution in [-0.2, 0) is 9.53 Å². The van der Waals surface area contributed by atoms with Crippen molar-refractivity contribution in [1.29, 1.82) is 0 Å². The molecule has 1 aliphatic rings. The van der Waals surface area contributed by atoms with Crippen LogP contribution in [0.5, 0.6) is 0 Å². The third kappa shape index (κ3) is 3.69. The van der Waals surface area contributed by atoms with Crippen molar-refractivity contribution in [3.8, 4) is 0 Å². The Kier molecular flexibility index (Phi) is 4.37. The number of ether oxygens (including phenoxy) is 1. The molecule has 0 unspecified atom stereocenters. The van der Waals surface area contributed by atoms with Crippen LogP contribution in [-0.4, -0.2) is 13.1 Å². The molecule has 15 heavy (non-hydrogen) atoms. The van der Waals surface area contributed by atoms with Crippen LogP contribution < -0.4 is 0 Å². The van der Waals surface area contributed by atoms with Gasteiger partial charge in [0.15, 0.2) is 0 Å². The highest BCUT2D eigenvalue weighted by atomic mass is 16.5. The summed E-state index contributed by atoms with van der Waals surface area (Å²) in [6.07, 6.45) is 9.73. The molecule has 0 aromatic heterocycles. The average Bonchev–Trinajstić information content (AvgIpc) is 2.41. The molecule has 0 aromatic rings. The number of hydrogen-bond donors (Lipinski definition) is 0. The zero-order chi connectivity index (χ0) is 11.3.